The van der Waals surface area contributed by atoms with Crippen molar-refractivity contribution in [2.45, 2.75) is 116 Å². The maximum Gasteiger partial charge on any atom is 0.184 e. The van der Waals surface area contributed by atoms with Crippen molar-refractivity contribution >= 4 is 16.6 Å². The zero-order chi connectivity index (χ0) is 22.4. The van der Waals surface area contributed by atoms with Gasteiger partial charge in [-0.1, -0.05) is 32.4 Å². The van der Waals surface area contributed by atoms with Crippen LogP contribution in [0.2, 0.25) is 39.3 Å². The monoisotopic (exact) mass is 452 g/mol. The van der Waals surface area contributed by atoms with E-state index in [9.17, 15) is 0 Å². The Morgan fingerprint density at radius 2 is 1.70 bits per heavy atom. The summed E-state index contributed by atoms with van der Waals surface area (Å²) in [6.07, 6.45) is 12.8. The fraction of sp³-hybridized carbons (Fsp3) is 0.920. The Balaban J connectivity index is 1.55. The van der Waals surface area contributed by atoms with Crippen LogP contribution in [0.3, 0.4) is 0 Å². The van der Waals surface area contributed by atoms with Gasteiger partial charge in [-0.15, -0.1) is 0 Å². The number of hydrogen-bond donors (Lipinski definition) is 0. The highest BCUT2D eigenvalue weighted by Crippen LogP contribution is 2.58. The van der Waals surface area contributed by atoms with Crippen LogP contribution >= 0.6 is 0 Å². The molecular formula is C25H48O3Si2. The van der Waals surface area contributed by atoms with Gasteiger partial charge in [-0.2, -0.15) is 0 Å². The van der Waals surface area contributed by atoms with E-state index >= 15 is 0 Å². The van der Waals surface area contributed by atoms with Crippen LogP contribution in [0.5, 0.6) is 0 Å². The molecule has 0 aromatic carbocycles. The van der Waals surface area contributed by atoms with Gasteiger partial charge in [0.2, 0.25) is 0 Å². The maximum atomic E-state index is 6.68. The first-order chi connectivity index (χ1) is 13.7. The molecule has 3 aliphatic carbocycles. The van der Waals surface area contributed by atoms with Gasteiger partial charge in [-0.05, 0) is 95.1 Å². The first-order valence-electron chi connectivity index (χ1n) is 12.4. The second-order valence-corrected chi connectivity index (χ2v) is 21.8. The normalized spacial score (nSPS) is 40.6. The van der Waals surface area contributed by atoms with Gasteiger partial charge >= 0.3 is 0 Å². The van der Waals surface area contributed by atoms with Crippen molar-refractivity contribution in [1.29, 1.82) is 0 Å². The molecule has 0 aliphatic heterocycles. The largest absolute Gasteiger partial charge is 0.414 e. The molecule has 0 spiro atoms. The maximum absolute atomic E-state index is 6.68. The van der Waals surface area contributed by atoms with Crippen LogP contribution < -0.4 is 0 Å². The van der Waals surface area contributed by atoms with Gasteiger partial charge in [0.15, 0.2) is 16.6 Å². The molecule has 7 atom stereocenters. The van der Waals surface area contributed by atoms with E-state index in [2.05, 4.69) is 72.2 Å². The van der Waals surface area contributed by atoms with Gasteiger partial charge in [-0.3, -0.25) is 0 Å². The van der Waals surface area contributed by atoms with E-state index in [1.807, 2.05) is 0 Å². The molecule has 0 radical (unpaired) electrons. The molecule has 0 saturated heterocycles. The number of ether oxygens (including phenoxy) is 1. The smallest absolute Gasteiger partial charge is 0.184 e. The van der Waals surface area contributed by atoms with Crippen LogP contribution in [0.15, 0.2) is 12.2 Å². The van der Waals surface area contributed by atoms with E-state index < -0.39 is 16.6 Å². The van der Waals surface area contributed by atoms with E-state index in [4.69, 9.17) is 13.6 Å². The third kappa shape index (κ3) is 5.89. The van der Waals surface area contributed by atoms with Gasteiger partial charge < -0.3 is 13.6 Å². The van der Waals surface area contributed by atoms with Crippen molar-refractivity contribution < 1.29 is 13.6 Å². The Kier molecular flexibility index (Phi) is 7.22. The first-order valence-corrected chi connectivity index (χ1v) is 19.2. The van der Waals surface area contributed by atoms with Crippen molar-refractivity contribution in [2.24, 2.45) is 23.2 Å². The van der Waals surface area contributed by atoms with Gasteiger partial charge in [-0.25, -0.2) is 0 Å². The van der Waals surface area contributed by atoms with Crippen molar-refractivity contribution in [3.05, 3.63) is 12.2 Å². The molecule has 0 aromatic heterocycles. The number of hydrogen-bond acceptors (Lipinski definition) is 3. The molecule has 0 aromatic rings. The van der Waals surface area contributed by atoms with Gasteiger partial charge in [0.1, 0.15) is 0 Å². The Hall–Kier alpha value is 0.0538. The molecule has 3 aliphatic rings. The lowest BCUT2D eigenvalue weighted by molar-refractivity contribution is -0.0392. The molecule has 3 nitrogen and oxygen atoms in total. The molecule has 0 amide bonds. The topological polar surface area (TPSA) is 27.7 Å². The number of fused-ring (bicyclic) bond motifs is 1. The molecular weight excluding hydrogens is 404 g/mol. The summed E-state index contributed by atoms with van der Waals surface area (Å²) in [6, 6.07) is 0. The molecule has 30 heavy (non-hydrogen) atoms. The van der Waals surface area contributed by atoms with Crippen LogP contribution in [0.1, 0.15) is 59.3 Å². The third-order valence-electron chi connectivity index (χ3n) is 7.71. The fourth-order valence-electron chi connectivity index (χ4n) is 6.82. The predicted molar refractivity (Wildman–Crippen MR) is 132 cm³/mol. The fourth-order valence-corrected chi connectivity index (χ4v) is 9.56. The predicted octanol–water partition coefficient (Wildman–Crippen LogP) is 7.01. The lowest BCUT2D eigenvalue weighted by Crippen LogP contribution is -2.46. The molecule has 2 fully saturated rings. The van der Waals surface area contributed by atoms with Crippen LogP contribution in [-0.2, 0) is 13.6 Å². The van der Waals surface area contributed by atoms with Crippen molar-refractivity contribution in [3.8, 4) is 0 Å². The summed E-state index contributed by atoms with van der Waals surface area (Å²) in [5.74, 6) is 2.10. The molecule has 2 unspecified atom stereocenters. The molecule has 0 heterocycles. The summed E-state index contributed by atoms with van der Waals surface area (Å²) in [5, 5.41) is 0. The lowest BCUT2D eigenvalue weighted by Gasteiger charge is -2.48. The molecule has 174 valence electrons. The Bertz CT molecular complexity index is 623. The van der Waals surface area contributed by atoms with Crippen molar-refractivity contribution in [2.75, 3.05) is 6.61 Å². The minimum atomic E-state index is -1.56. The Morgan fingerprint density at radius 1 is 1.00 bits per heavy atom. The quantitative estimate of drug-likeness (QED) is 0.293. The lowest BCUT2D eigenvalue weighted by atomic mass is 9.62. The summed E-state index contributed by atoms with van der Waals surface area (Å²) >= 11 is 0. The van der Waals surface area contributed by atoms with E-state index in [0.717, 1.165) is 24.9 Å². The SMILES string of the molecule is C[C@@H](CO[C@@H]1C=C[C@](C)(O[Si](C)(C)C)C1)[C@H]1CCC2C(O[Si](C)(C)C)CCC[C@@]21C. The summed E-state index contributed by atoms with van der Waals surface area (Å²) < 4.78 is 19.5. The second kappa shape index (κ2) is 8.77. The van der Waals surface area contributed by atoms with Crippen LogP contribution in [-0.4, -0.2) is 41.1 Å². The zero-order valence-electron chi connectivity index (χ0n) is 21.2. The van der Waals surface area contributed by atoms with Gasteiger partial charge in [0.05, 0.1) is 18.3 Å². The average molecular weight is 453 g/mol. The minimum Gasteiger partial charge on any atom is -0.414 e. The minimum absolute atomic E-state index is 0.145. The third-order valence-corrected chi connectivity index (χ3v) is 9.80. The summed E-state index contributed by atoms with van der Waals surface area (Å²) in [7, 11) is -3.05. The van der Waals surface area contributed by atoms with E-state index in [-0.39, 0.29) is 11.7 Å². The summed E-state index contributed by atoms with van der Waals surface area (Å²) in [5.41, 5.74) is 0.278. The molecule has 5 heteroatoms. The van der Waals surface area contributed by atoms with Crippen molar-refractivity contribution in [1.82, 2.24) is 0 Å². The highest BCUT2D eigenvalue weighted by atomic mass is 28.4. The molecule has 0 N–H and O–H groups in total. The molecule has 0 bridgehead atoms. The van der Waals surface area contributed by atoms with Crippen LogP contribution in [0.25, 0.3) is 0 Å². The van der Waals surface area contributed by atoms with Gasteiger partial charge in [0, 0.05) is 12.5 Å². The van der Waals surface area contributed by atoms with E-state index in [1.54, 1.807) is 0 Å². The summed E-state index contributed by atoms with van der Waals surface area (Å²) in [4.78, 5) is 0. The summed E-state index contributed by atoms with van der Waals surface area (Å²) in [6.45, 7) is 21.9. The highest BCUT2D eigenvalue weighted by Gasteiger charge is 2.53. The Labute approximate surface area is 188 Å². The zero-order valence-corrected chi connectivity index (χ0v) is 23.2. The van der Waals surface area contributed by atoms with Crippen LogP contribution in [0.4, 0.5) is 0 Å². The molecule has 3 rings (SSSR count). The number of rotatable bonds is 8. The van der Waals surface area contributed by atoms with Gasteiger partial charge in [0.25, 0.3) is 0 Å². The second-order valence-electron chi connectivity index (χ2n) is 12.9. The van der Waals surface area contributed by atoms with E-state index in [1.165, 1.54) is 32.1 Å². The molecule has 2 saturated carbocycles. The van der Waals surface area contributed by atoms with E-state index in [0.29, 0.717) is 17.4 Å². The standard InChI is InChI=1S/C25H48O3Si2/c1-19(18-26-20-14-16-24(2,17-20)28-30(7,8)9)21-12-13-22-23(27-29(4,5)6)11-10-15-25(21,22)3/h14,16,19-23H,10-13,15,17-18H2,1-9H3/t19-,20+,21+,22?,23?,24-,25+/m0/s1. The average Bonchev–Trinajstić information content (AvgIpc) is 3.10. The first kappa shape index (κ1) is 24.7. The highest BCUT2D eigenvalue weighted by molar-refractivity contribution is 6.70. The van der Waals surface area contributed by atoms with Crippen LogP contribution in [0, 0.1) is 23.2 Å². The van der Waals surface area contributed by atoms with Crippen molar-refractivity contribution in [3.63, 3.8) is 0 Å². The Morgan fingerprint density at radius 3 is 2.33 bits per heavy atom.